The number of halogens is 1. The average molecular weight is 293 g/mol. The Balaban J connectivity index is 2.26. The molecule has 1 atom stereocenters. The first kappa shape index (κ1) is 15.4. The smallest absolute Gasteiger partial charge is 0.0903 e. The second kappa shape index (κ2) is 6.62. The van der Waals surface area contributed by atoms with Crippen molar-refractivity contribution in [3.63, 3.8) is 0 Å². The average Bonchev–Trinajstić information content (AvgIpc) is 2.42. The van der Waals surface area contributed by atoms with Crippen molar-refractivity contribution >= 4 is 23.6 Å². The van der Waals surface area contributed by atoms with Gasteiger partial charge in [0, 0.05) is 17.6 Å². The second-order valence-corrected chi connectivity index (χ2v) is 6.85. The lowest BCUT2D eigenvalue weighted by Gasteiger charge is -2.36. The summed E-state index contributed by atoms with van der Waals surface area (Å²) >= 11 is 5.87. The van der Waals surface area contributed by atoms with Crippen LogP contribution in [0.4, 0.5) is 5.69 Å². The zero-order valence-corrected chi connectivity index (χ0v) is 13.5. The quantitative estimate of drug-likeness (QED) is 0.448. The molecule has 2 rings (SSSR count). The van der Waals surface area contributed by atoms with Crippen molar-refractivity contribution in [3.05, 3.63) is 29.8 Å². The van der Waals surface area contributed by atoms with E-state index < -0.39 is 0 Å². The minimum atomic E-state index is -0.0383. The molecule has 0 spiro atoms. The fourth-order valence-corrected chi connectivity index (χ4v) is 2.77. The second-order valence-electron chi connectivity index (χ2n) is 6.48. The van der Waals surface area contributed by atoms with Crippen LogP contribution in [0.25, 0.3) is 0 Å². The third kappa shape index (κ3) is 3.99. The Labute approximate surface area is 127 Å². The molecular formula is C17H25ClN2. The van der Waals surface area contributed by atoms with Gasteiger partial charge in [-0.3, -0.25) is 4.99 Å². The number of hydrogen-bond acceptors (Lipinski definition) is 1. The highest BCUT2D eigenvalue weighted by atomic mass is 35.5. The Morgan fingerprint density at radius 2 is 2.10 bits per heavy atom. The van der Waals surface area contributed by atoms with Crippen LogP contribution in [0.15, 0.2) is 29.3 Å². The van der Waals surface area contributed by atoms with Gasteiger partial charge in [0.1, 0.15) is 0 Å². The summed E-state index contributed by atoms with van der Waals surface area (Å²) in [6.45, 7) is 6.40. The molecule has 1 unspecified atom stereocenters. The van der Waals surface area contributed by atoms with E-state index >= 15 is 0 Å². The minimum Gasteiger partial charge on any atom is -0.329 e. The van der Waals surface area contributed by atoms with Crippen LogP contribution in [0.2, 0.25) is 0 Å². The highest BCUT2D eigenvalue weighted by molar-refractivity contribution is 6.17. The number of alkyl halides is 1. The van der Waals surface area contributed by atoms with Gasteiger partial charge in [-0.25, -0.2) is 0 Å². The van der Waals surface area contributed by atoms with Crippen LogP contribution in [0, 0.1) is 0 Å². The standard InChI is InChI=1S/C17H25ClN2/c1-17(2,3)19-13-20-15(8-6-12-18)11-10-14-7-4-5-9-16(14)20/h4-5,7,9,13,15H,6,8,10-12H2,1-3H3. The monoisotopic (exact) mass is 292 g/mol. The van der Waals surface area contributed by atoms with Gasteiger partial charge >= 0.3 is 0 Å². The Hall–Kier alpha value is -1.02. The van der Waals surface area contributed by atoms with Crippen LogP contribution < -0.4 is 4.90 Å². The van der Waals surface area contributed by atoms with E-state index in [0.29, 0.717) is 6.04 Å². The predicted octanol–water partition coefficient (Wildman–Crippen LogP) is 4.65. The molecule has 0 aromatic heterocycles. The van der Waals surface area contributed by atoms with Gasteiger partial charge in [-0.2, -0.15) is 0 Å². The highest BCUT2D eigenvalue weighted by Crippen LogP contribution is 2.31. The molecule has 0 N–H and O–H groups in total. The van der Waals surface area contributed by atoms with E-state index in [2.05, 4.69) is 49.9 Å². The summed E-state index contributed by atoms with van der Waals surface area (Å²) in [6, 6.07) is 9.19. The zero-order valence-electron chi connectivity index (χ0n) is 12.8. The number of aryl methyl sites for hydroxylation is 1. The van der Waals surface area contributed by atoms with Crippen LogP contribution in [-0.4, -0.2) is 23.8 Å². The molecule has 0 aliphatic carbocycles. The maximum Gasteiger partial charge on any atom is 0.0903 e. The topological polar surface area (TPSA) is 15.6 Å². The Bertz CT molecular complexity index is 462. The SMILES string of the molecule is CC(C)(C)N=CN1c2ccccc2CCC1CCCCl. The highest BCUT2D eigenvalue weighted by Gasteiger charge is 2.24. The van der Waals surface area contributed by atoms with E-state index in [1.807, 2.05) is 6.34 Å². The third-order valence-corrected chi connectivity index (χ3v) is 3.92. The number of benzene rings is 1. The van der Waals surface area contributed by atoms with Crippen LogP contribution in [-0.2, 0) is 6.42 Å². The summed E-state index contributed by atoms with van der Waals surface area (Å²) in [4.78, 5) is 7.06. The van der Waals surface area contributed by atoms with E-state index in [0.717, 1.165) is 25.1 Å². The molecule has 0 radical (unpaired) electrons. The van der Waals surface area contributed by atoms with Crippen molar-refractivity contribution < 1.29 is 0 Å². The first-order valence-electron chi connectivity index (χ1n) is 7.49. The van der Waals surface area contributed by atoms with Crippen molar-refractivity contribution in [2.24, 2.45) is 4.99 Å². The minimum absolute atomic E-state index is 0.0383. The largest absolute Gasteiger partial charge is 0.329 e. The molecule has 1 aliphatic rings. The maximum atomic E-state index is 5.87. The third-order valence-electron chi connectivity index (χ3n) is 3.65. The van der Waals surface area contributed by atoms with Gasteiger partial charge in [0.05, 0.1) is 11.9 Å². The van der Waals surface area contributed by atoms with Crippen LogP contribution in [0.1, 0.15) is 45.6 Å². The predicted molar refractivity (Wildman–Crippen MR) is 89.2 cm³/mol. The molecule has 1 aromatic rings. The molecule has 0 bridgehead atoms. The van der Waals surface area contributed by atoms with Gasteiger partial charge in [0.15, 0.2) is 0 Å². The molecule has 0 saturated heterocycles. The van der Waals surface area contributed by atoms with Crippen molar-refractivity contribution in [3.8, 4) is 0 Å². The van der Waals surface area contributed by atoms with E-state index in [1.165, 1.54) is 17.7 Å². The molecule has 1 heterocycles. The molecule has 1 aromatic carbocycles. The van der Waals surface area contributed by atoms with Gasteiger partial charge in [-0.1, -0.05) is 18.2 Å². The number of para-hydroxylation sites is 1. The molecule has 20 heavy (non-hydrogen) atoms. The van der Waals surface area contributed by atoms with E-state index in [1.54, 1.807) is 0 Å². The lowest BCUT2D eigenvalue weighted by atomic mass is 9.94. The summed E-state index contributed by atoms with van der Waals surface area (Å²) < 4.78 is 0. The number of nitrogens with zero attached hydrogens (tertiary/aromatic N) is 2. The van der Waals surface area contributed by atoms with Gasteiger partial charge in [-0.15, -0.1) is 11.6 Å². The van der Waals surface area contributed by atoms with E-state index in [-0.39, 0.29) is 5.54 Å². The number of fused-ring (bicyclic) bond motifs is 1. The molecule has 0 amide bonds. The Morgan fingerprint density at radius 1 is 1.35 bits per heavy atom. The summed E-state index contributed by atoms with van der Waals surface area (Å²) in [5.41, 5.74) is 2.70. The van der Waals surface area contributed by atoms with Crippen molar-refractivity contribution in [2.45, 2.75) is 58.0 Å². The van der Waals surface area contributed by atoms with Crippen molar-refractivity contribution in [2.75, 3.05) is 10.8 Å². The normalized spacial score (nSPS) is 19.4. The summed E-state index contributed by atoms with van der Waals surface area (Å²) in [6.07, 6.45) is 6.58. The number of anilines is 1. The first-order valence-corrected chi connectivity index (χ1v) is 8.02. The first-order chi connectivity index (χ1) is 9.51. The molecule has 0 fully saturated rings. The van der Waals surface area contributed by atoms with Crippen molar-refractivity contribution in [1.82, 2.24) is 0 Å². The number of aliphatic imine (C=N–C) groups is 1. The molecule has 2 nitrogen and oxygen atoms in total. The van der Waals surface area contributed by atoms with E-state index in [9.17, 15) is 0 Å². The van der Waals surface area contributed by atoms with Crippen LogP contribution >= 0.6 is 11.6 Å². The number of hydrogen-bond donors (Lipinski definition) is 0. The molecule has 3 heteroatoms. The maximum absolute atomic E-state index is 5.87. The lowest BCUT2D eigenvalue weighted by molar-refractivity contribution is 0.535. The molecule has 110 valence electrons. The van der Waals surface area contributed by atoms with Gasteiger partial charge in [0.2, 0.25) is 0 Å². The van der Waals surface area contributed by atoms with Gasteiger partial charge < -0.3 is 4.90 Å². The Morgan fingerprint density at radius 3 is 2.80 bits per heavy atom. The lowest BCUT2D eigenvalue weighted by Crippen LogP contribution is -2.39. The summed E-state index contributed by atoms with van der Waals surface area (Å²) in [5.74, 6) is 0.738. The fourth-order valence-electron chi connectivity index (χ4n) is 2.62. The summed E-state index contributed by atoms with van der Waals surface area (Å²) in [5, 5.41) is 0. The van der Waals surface area contributed by atoms with Gasteiger partial charge in [0.25, 0.3) is 0 Å². The zero-order chi connectivity index (χ0) is 14.6. The van der Waals surface area contributed by atoms with Crippen molar-refractivity contribution in [1.29, 1.82) is 0 Å². The summed E-state index contributed by atoms with van der Waals surface area (Å²) in [7, 11) is 0. The van der Waals surface area contributed by atoms with E-state index in [4.69, 9.17) is 16.6 Å². The molecule has 0 saturated carbocycles. The fraction of sp³-hybridized carbons (Fsp3) is 0.588. The van der Waals surface area contributed by atoms with Crippen LogP contribution in [0.5, 0.6) is 0 Å². The number of rotatable bonds is 4. The van der Waals surface area contributed by atoms with Crippen LogP contribution in [0.3, 0.4) is 0 Å². The molecular weight excluding hydrogens is 268 g/mol. The van der Waals surface area contributed by atoms with Gasteiger partial charge in [-0.05, 0) is 58.1 Å². The molecule has 1 aliphatic heterocycles. The Kier molecular flexibility index (Phi) is 5.09.